The molecule has 3 heteroatoms. The van der Waals surface area contributed by atoms with Crippen LogP contribution in [0.2, 0.25) is 0 Å². The summed E-state index contributed by atoms with van der Waals surface area (Å²) in [6.45, 7) is 2.32. The summed E-state index contributed by atoms with van der Waals surface area (Å²) < 4.78 is 0. The van der Waals surface area contributed by atoms with Crippen LogP contribution in [0.4, 0.5) is 0 Å². The van der Waals surface area contributed by atoms with Gasteiger partial charge in [0, 0.05) is 12.5 Å². The van der Waals surface area contributed by atoms with Crippen molar-refractivity contribution in [3.8, 4) is 0 Å². The standard InChI is InChI=1S/C18H22N2O/c1-14(19)18(21)20-13-12-17(15-8-4-2-5-9-15)16-10-6-3-7-11-16/h2-11,14,17H,12-13,19H2,1H3,(H,20,21). The van der Waals surface area contributed by atoms with Gasteiger partial charge in [-0.25, -0.2) is 0 Å². The van der Waals surface area contributed by atoms with Crippen LogP contribution < -0.4 is 11.1 Å². The van der Waals surface area contributed by atoms with Gasteiger partial charge in [-0.15, -0.1) is 0 Å². The molecule has 21 heavy (non-hydrogen) atoms. The lowest BCUT2D eigenvalue weighted by molar-refractivity contribution is -0.121. The Labute approximate surface area is 126 Å². The molecule has 0 spiro atoms. The minimum Gasteiger partial charge on any atom is -0.355 e. The number of carbonyl (C=O) groups excluding carboxylic acids is 1. The summed E-state index contributed by atoms with van der Waals surface area (Å²) in [7, 11) is 0. The molecule has 2 rings (SSSR count). The van der Waals surface area contributed by atoms with Gasteiger partial charge in [-0.3, -0.25) is 4.79 Å². The number of hydrogen-bond donors (Lipinski definition) is 2. The van der Waals surface area contributed by atoms with Gasteiger partial charge in [0.25, 0.3) is 0 Å². The van der Waals surface area contributed by atoms with Crippen LogP contribution in [0.3, 0.4) is 0 Å². The van der Waals surface area contributed by atoms with E-state index in [0.717, 1.165) is 6.42 Å². The predicted molar refractivity (Wildman–Crippen MR) is 86.0 cm³/mol. The lowest BCUT2D eigenvalue weighted by Crippen LogP contribution is -2.39. The van der Waals surface area contributed by atoms with E-state index in [1.54, 1.807) is 6.92 Å². The van der Waals surface area contributed by atoms with Gasteiger partial charge < -0.3 is 11.1 Å². The van der Waals surface area contributed by atoms with Gasteiger partial charge >= 0.3 is 0 Å². The zero-order valence-corrected chi connectivity index (χ0v) is 12.3. The second-order valence-corrected chi connectivity index (χ2v) is 5.24. The van der Waals surface area contributed by atoms with E-state index in [-0.39, 0.29) is 11.8 Å². The summed E-state index contributed by atoms with van der Waals surface area (Å²) in [5, 5.41) is 2.89. The second kappa shape index (κ2) is 7.60. The maximum absolute atomic E-state index is 11.6. The number of carbonyl (C=O) groups is 1. The van der Waals surface area contributed by atoms with Crippen molar-refractivity contribution in [3.63, 3.8) is 0 Å². The molecule has 0 radical (unpaired) electrons. The summed E-state index contributed by atoms with van der Waals surface area (Å²) in [6.07, 6.45) is 0.854. The molecule has 0 aliphatic rings. The second-order valence-electron chi connectivity index (χ2n) is 5.24. The molecule has 0 aliphatic carbocycles. The summed E-state index contributed by atoms with van der Waals surface area (Å²) in [5.74, 6) is 0.177. The minimum atomic E-state index is -0.461. The van der Waals surface area contributed by atoms with Gasteiger partial charge in [-0.1, -0.05) is 60.7 Å². The molecular weight excluding hydrogens is 260 g/mol. The summed E-state index contributed by atoms with van der Waals surface area (Å²) >= 11 is 0. The fourth-order valence-electron chi connectivity index (χ4n) is 2.40. The molecule has 0 aliphatic heterocycles. The lowest BCUT2D eigenvalue weighted by atomic mass is 9.88. The smallest absolute Gasteiger partial charge is 0.236 e. The van der Waals surface area contributed by atoms with Gasteiger partial charge in [0.1, 0.15) is 0 Å². The molecule has 3 nitrogen and oxygen atoms in total. The molecule has 0 fully saturated rings. The first-order valence-corrected chi connectivity index (χ1v) is 7.31. The molecule has 1 unspecified atom stereocenters. The topological polar surface area (TPSA) is 55.1 Å². The van der Waals surface area contributed by atoms with E-state index in [0.29, 0.717) is 6.54 Å². The van der Waals surface area contributed by atoms with E-state index in [1.165, 1.54) is 11.1 Å². The van der Waals surface area contributed by atoms with E-state index in [9.17, 15) is 4.79 Å². The van der Waals surface area contributed by atoms with Gasteiger partial charge in [0.2, 0.25) is 5.91 Å². The van der Waals surface area contributed by atoms with Crippen molar-refractivity contribution >= 4 is 5.91 Å². The highest BCUT2D eigenvalue weighted by Gasteiger charge is 2.14. The number of amides is 1. The fraction of sp³-hybridized carbons (Fsp3) is 0.278. The van der Waals surface area contributed by atoms with E-state index >= 15 is 0 Å². The van der Waals surface area contributed by atoms with Crippen molar-refractivity contribution in [1.29, 1.82) is 0 Å². The third-order valence-corrected chi connectivity index (χ3v) is 3.55. The van der Waals surface area contributed by atoms with Crippen LogP contribution in [0, 0.1) is 0 Å². The normalized spacial score (nSPS) is 12.1. The van der Waals surface area contributed by atoms with Crippen LogP contribution in [0.1, 0.15) is 30.4 Å². The summed E-state index contributed by atoms with van der Waals surface area (Å²) in [6, 6.07) is 20.3. The van der Waals surface area contributed by atoms with Crippen LogP contribution in [-0.4, -0.2) is 18.5 Å². The van der Waals surface area contributed by atoms with E-state index in [1.807, 2.05) is 36.4 Å². The predicted octanol–water partition coefficient (Wildman–Crippen LogP) is 2.67. The molecule has 2 aromatic rings. The monoisotopic (exact) mass is 282 g/mol. The Balaban J connectivity index is 2.09. The first kappa shape index (κ1) is 15.3. The van der Waals surface area contributed by atoms with E-state index in [4.69, 9.17) is 5.73 Å². The molecule has 3 N–H and O–H groups in total. The SMILES string of the molecule is CC(N)C(=O)NCCC(c1ccccc1)c1ccccc1. The first-order valence-electron chi connectivity index (χ1n) is 7.31. The molecule has 0 aromatic heterocycles. The molecule has 2 aromatic carbocycles. The third kappa shape index (κ3) is 4.43. The molecule has 0 heterocycles. The van der Waals surface area contributed by atoms with Crippen molar-refractivity contribution in [2.45, 2.75) is 25.3 Å². The fourth-order valence-corrected chi connectivity index (χ4v) is 2.40. The third-order valence-electron chi connectivity index (χ3n) is 3.55. The van der Waals surface area contributed by atoms with Crippen LogP contribution in [0.15, 0.2) is 60.7 Å². The lowest BCUT2D eigenvalue weighted by Gasteiger charge is -2.18. The molecule has 1 atom stereocenters. The number of hydrogen-bond acceptors (Lipinski definition) is 2. The molecule has 0 saturated heterocycles. The van der Waals surface area contributed by atoms with Crippen molar-refractivity contribution < 1.29 is 4.79 Å². The Morgan fingerprint density at radius 1 is 1.00 bits per heavy atom. The van der Waals surface area contributed by atoms with Gasteiger partial charge in [0.15, 0.2) is 0 Å². The Kier molecular flexibility index (Phi) is 5.52. The number of rotatable bonds is 6. The maximum Gasteiger partial charge on any atom is 0.236 e. The zero-order chi connectivity index (χ0) is 15.1. The Hall–Kier alpha value is -2.13. The quantitative estimate of drug-likeness (QED) is 0.856. The van der Waals surface area contributed by atoms with Gasteiger partial charge in [-0.2, -0.15) is 0 Å². The highest BCUT2D eigenvalue weighted by Crippen LogP contribution is 2.27. The minimum absolute atomic E-state index is 0.102. The molecule has 110 valence electrons. The molecule has 1 amide bonds. The van der Waals surface area contributed by atoms with Crippen LogP contribution in [0.25, 0.3) is 0 Å². The molecule has 0 bridgehead atoms. The Morgan fingerprint density at radius 2 is 1.48 bits per heavy atom. The first-order chi connectivity index (χ1) is 10.2. The Morgan fingerprint density at radius 3 is 1.90 bits per heavy atom. The largest absolute Gasteiger partial charge is 0.355 e. The highest BCUT2D eigenvalue weighted by molar-refractivity contribution is 5.80. The summed E-state index contributed by atoms with van der Waals surface area (Å²) in [5.41, 5.74) is 8.09. The average molecular weight is 282 g/mol. The van der Waals surface area contributed by atoms with Crippen LogP contribution >= 0.6 is 0 Å². The van der Waals surface area contributed by atoms with Crippen molar-refractivity contribution in [3.05, 3.63) is 71.8 Å². The van der Waals surface area contributed by atoms with Crippen LogP contribution in [-0.2, 0) is 4.79 Å². The van der Waals surface area contributed by atoms with Gasteiger partial charge in [-0.05, 0) is 24.5 Å². The zero-order valence-electron chi connectivity index (χ0n) is 12.3. The van der Waals surface area contributed by atoms with Crippen molar-refractivity contribution in [2.24, 2.45) is 5.73 Å². The highest BCUT2D eigenvalue weighted by atomic mass is 16.2. The van der Waals surface area contributed by atoms with Crippen LogP contribution in [0.5, 0.6) is 0 Å². The molecule has 0 saturated carbocycles. The van der Waals surface area contributed by atoms with E-state index < -0.39 is 6.04 Å². The Bertz CT molecular complexity index is 512. The number of nitrogens with one attached hydrogen (secondary N) is 1. The number of nitrogens with two attached hydrogens (primary N) is 1. The van der Waals surface area contributed by atoms with Crippen molar-refractivity contribution in [2.75, 3.05) is 6.54 Å². The number of benzene rings is 2. The van der Waals surface area contributed by atoms with E-state index in [2.05, 4.69) is 29.6 Å². The molecular formula is C18H22N2O. The maximum atomic E-state index is 11.6. The summed E-state index contributed by atoms with van der Waals surface area (Å²) in [4.78, 5) is 11.6. The van der Waals surface area contributed by atoms with Crippen molar-refractivity contribution in [1.82, 2.24) is 5.32 Å². The van der Waals surface area contributed by atoms with Gasteiger partial charge in [0.05, 0.1) is 6.04 Å². The average Bonchev–Trinajstić information content (AvgIpc) is 2.53.